The van der Waals surface area contributed by atoms with Gasteiger partial charge in [-0.3, -0.25) is 4.68 Å². The maximum Gasteiger partial charge on any atom is 0.319 e. The Hall–Kier alpha value is -2.34. The average molecular weight is 330 g/mol. The number of nitrogens with one attached hydrogen (secondary N) is 2. The molecule has 130 valence electrons. The lowest BCUT2D eigenvalue weighted by molar-refractivity contribution is 0.204. The molecule has 1 aromatic heterocycles. The summed E-state index contributed by atoms with van der Waals surface area (Å²) in [5, 5.41) is 19.3. The first kappa shape index (κ1) is 18.0. The fraction of sp³-hybridized carbons (Fsp3) is 0.444. The van der Waals surface area contributed by atoms with Crippen LogP contribution in [-0.4, -0.2) is 33.6 Å². The molecule has 0 spiro atoms. The van der Waals surface area contributed by atoms with Crippen LogP contribution in [0.5, 0.6) is 0 Å². The lowest BCUT2D eigenvalue weighted by Crippen LogP contribution is -2.40. The molecule has 6 heteroatoms. The lowest BCUT2D eigenvalue weighted by atomic mass is 10.1. The molecule has 0 radical (unpaired) electrons. The largest absolute Gasteiger partial charge is 0.396 e. The molecule has 2 rings (SSSR count). The zero-order valence-corrected chi connectivity index (χ0v) is 14.7. The Kier molecular flexibility index (Phi) is 5.98. The number of urea groups is 1. The van der Waals surface area contributed by atoms with Crippen molar-refractivity contribution in [1.82, 2.24) is 15.1 Å². The highest BCUT2D eigenvalue weighted by Crippen LogP contribution is 2.13. The Balaban J connectivity index is 2.00. The van der Waals surface area contributed by atoms with Crippen LogP contribution in [0.15, 0.2) is 30.3 Å². The Labute approximate surface area is 142 Å². The van der Waals surface area contributed by atoms with Gasteiger partial charge >= 0.3 is 6.03 Å². The molecule has 2 unspecified atom stereocenters. The number of carbonyl (C=O) groups is 1. The topological polar surface area (TPSA) is 79.2 Å². The Morgan fingerprint density at radius 1 is 1.29 bits per heavy atom. The number of hydrogen-bond donors (Lipinski definition) is 3. The number of benzene rings is 1. The van der Waals surface area contributed by atoms with Crippen LogP contribution < -0.4 is 10.6 Å². The van der Waals surface area contributed by atoms with E-state index in [1.54, 1.807) is 0 Å². The van der Waals surface area contributed by atoms with Crippen LogP contribution >= 0.6 is 0 Å². The van der Waals surface area contributed by atoms with Crippen LogP contribution in [0, 0.1) is 19.8 Å². The lowest BCUT2D eigenvalue weighted by Gasteiger charge is -2.19. The van der Waals surface area contributed by atoms with Crippen LogP contribution in [0.2, 0.25) is 0 Å². The number of nitrogens with zero attached hydrogens (tertiary/aromatic N) is 2. The molecule has 0 fully saturated rings. The normalized spacial score (nSPS) is 13.4. The van der Waals surface area contributed by atoms with E-state index in [9.17, 15) is 4.79 Å². The first-order valence-electron chi connectivity index (χ1n) is 8.17. The van der Waals surface area contributed by atoms with E-state index in [0.29, 0.717) is 6.54 Å². The number of rotatable bonds is 6. The molecule has 1 aromatic carbocycles. The summed E-state index contributed by atoms with van der Waals surface area (Å²) in [7, 11) is 0. The third-order valence-corrected chi connectivity index (χ3v) is 4.12. The molecule has 0 saturated heterocycles. The SMILES string of the molecule is Cc1cc(C)n(Cc2cccc(NC(=O)NC(C)C(C)CO)c2)n1. The number of anilines is 1. The van der Waals surface area contributed by atoms with Gasteiger partial charge < -0.3 is 15.7 Å². The van der Waals surface area contributed by atoms with E-state index >= 15 is 0 Å². The summed E-state index contributed by atoms with van der Waals surface area (Å²) in [5.74, 6) is 0.00751. The summed E-state index contributed by atoms with van der Waals surface area (Å²) in [6.45, 7) is 8.47. The minimum Gasteiger partial charge on any atom is -0.396 e. The zero-order valence-electron chi connectivity index (χ0n) is 14.7. The summed E-state index contributed by atoms with van der Waals surface area (Å²) in [6.07, 6.45) is 0. The molecule has 0 aliphatic carbocycles. The molecule has 2 atom stereocenters. The van der Waals surface area contributed by atoms with Crippen molar-refractivity contribution in [2.24, 2.45) is 5.92 Å². The Morgan fingerprint density at radius 2 is 2.04 bits per heavy atom. The van der Waals surface area contributed by atoms with Gasteiger partial charge in [0.2, 0.25) is 0 Å². The van der Waals surface area contributed by atoms with Gasteiger partial charge in [-0.15, -0.1) is 0 Å². The van der Waals surface area contributed by atoms with Crippen molar-refractivity contribution in [3.63, 3.8) is 0 Å². The quantitative estimate of drug-likeness (QED) is 0.762. The van der Waals surface area contributed by atoms with Crippen molar-refractivity contribution < 1.29 is 9.90 Å². The Morgan fingerprint density at radius 3 is 2.67 bits per heavy atom. The third-order valence-electron chi connectivity index (χ3n) is 4.12. The summed E-state index contributed by atoms with van der Waals surface area (Å²) >= 11 is 0. The van der Waals surface area contributed by atoms with Crippen molar-refractivity contribution in [2.75, 3.05) is 11.9 Å². The summed E-state index contributed by atoms with van der Waals surface area (Å²) < 4.78 is 1.94. The predicted molar refractivity (Wildman–Crippen MR) is 95.1 cm³/mol. The second kappa shape index (κ2) is 7.97. The van der Waals surface area contributed by atoms with E-state index in [0.717, 1.165) is 22.6 Å². The van der Waals surface area contributed by atoms with E-state index in [1.165, 1.54) is 0 Å². The van der Waals surface area contributed by atoms with Gasteiger partial charge in [-0.25, -0.2) is 4.79 Å². The molecular formula is C18H26N4O2. The van der Waals surface area contributed by atoms with Gasteiger partial charge in [0.05, 0.1) is 12.2 Å². The highest BCUT2D eigenvalue weighted by atomic mass is 16.3. The van der Waals surface area contributed by atoms with E-state index in [-0.39, 0.29) is 24.6 Å². The first-order valence-corrected chi connectivity index (χ1v) is 8.17. The first-order chi connectivity index (χ1) is 11.4. The molecule has 2 amide bonds. The summed E-state index contributed by atoms with van der Waals surface area (Å²) in [5.41, 5.74) is 3.90. The van der Waals surface area contributed by atoms with E-state index in [1.807, 2.05) is 62.7 Å². The standard InChI is InChI=1S/C18H26N4O2/c1-12(11-23)15(4)19-18(24)20-17-7-5-6-16(9-17)10-22-14(3)8-13(2)21-22/h5-9,12,15,23H,10-11H2,1-4H3,(H2,19,20,24). The van der Waals surface area contributed by atoms with Gasteiger partial charge in [-0.05, 0) is 50.5 Å². The number of aliphatic hydroxyl groups is 1. The maximum absolute atomic E-state index is 12.0. The van der Waals surface area contributed by atoms with E-state index in [2.05, 4.69) is 15.7 Å². The number of aromatic nitrogens is 2. The second-order valence-corrected chi connectivity index (χ2v) is 6.33. The number of amides is 2. The van der Waals surface area contributed by atoms with Gasteiger partial charge in [-0.1, -0.05) is 19.1 Å². The van der Waals surface area contributed by atoms with Crippen LogP contribution in [0.3, 0.4) is 0 Å². The number of aryl methyl sites for hydroxylation is 2. The smallest absolute Gasteiger partial charge is 0.319 e. The third kappa shape index (κ3) is 4.83. The minimum absolute atomic E-state index is 0.00751. The van der Waals surface area contributed by atoms with Gasteiger partial charge in [0.15, 0.2) is 0 Å². The van der Waals surface area contributed by atoms with Crippen molar-refractivity contribution >= 4 is 11.7 Å². The van der Waals surface area contributed by atoms with Gasteiger partial charge in [0.1, 0.15) is 0 Å². The van der Waals surface area contributed by atoms with Gasteiger partial charge in [0, 0.05) is 24.0 Å². The number of carbonyl (C=O) groups excluding carboxylic acids is 1. The van der Waals surface area contributed by atoms with E-state index in [4.69, 9.17) is 5.11 Å². The molecule has 0 saturated carbocycles. The van der Waals surface area contributed by atoms with Gasteiger partial charge in [0.25, 0.3) is 0 Å². The van der Waals surface area contributed by atoms with Crippen molar-refractivity contribution in [1.29, 1.82) is 0 Å². The highest BCUT2D eigenvalue weighted by Gasteiger charge is 2.14. The molecule has 0 aliphatic rings. The van der Waals surface area contributed by atoms with Crippen molar-refractivity contribution in [2.45, 2.75) is 40.3 Å². The predicted octanol–water partition coefficient (Wildman–Crippen LogP) is 2.69. The van der Waals surface area contributed by atoms with Crippen LogP contribution in [0.1, 0.15) is 30.8 Å². The molecule has 1 heterocycles. The van der Waals surface area contributed by atoms with E-state index < -0.39 is 0 Å². The van der Waals surface area contributed by atoms with Crippen LogP contribution in [0.4, 0.5) is 10.5 Å². The molecule has 6 nitrogen and oxygen atoms in total. The highest BCUT2D eigenvalue weighted by molar-refractivity contribution is 5.89. The fourth-order valence-electron chi connectivity index (χ4n) is 2.43. The molecule has 24 heavy (non-hydrogen) atoms. The molecule has 2 aromatic rings. The maximum atomic E-state index is 12.0. The van der Waals surface area contributed by atoms with Crippen LogP contribution in [0.25, 0.3) is 0 Å². The molecule has 3 N–H and O–H groups in total. The van der Waals surface area contributed by atoms with Gasteiger partial charge in [-0.2, -0.15) is 5.10 Å². The zero-order chi connectivity index (χ0) is 17.7. The van der Waals surface area contributed by atoms with Crippen molar-refractivity contribution in [3.05, 3.63) is 47.3 Å². The minimum atomic E-state index is -0.272. The van der Waals surface area contributed by atoms with Crippen molar-refractivity contribution in [3.8, 4) is 0 Å². The summed E-state index contributed by atoms with van der Waals surface area (Å²) in [6, 6.07) is 9.38. The summed E-state index contributed by atoms with van der Waals surface area (Å²) in [4.78, 5) is 12.0. The fourth-order valence-corrected chi connectivity index (χ4v) is 2.43. The van der Waals surface area contributed by atoms with Crippen LogP contribution in [-0.2, 0) is 6.54 Å². The molecule has 0 aliphatic heterocycles. The average Bonchev–Trinajstić information content (AvgIpc) is 2.84. The number of hydrogen-bond acceptors (Lipinski definition) is 3. The number of aliphatic hydroxyl groups excluding tert-OH is 1. The molecular weight excluding hydrogens is 304 g/mol. The Bertz CT molecular complexity index is 696. The second-order valence-electron chi connectivity index (χ2n) is 6.33. The molecule has 0 bridgehead atoms. The monoisotopic (exact) mass is 330 g/mol.